The summed E-state index contributed by atoms with van der Waals surface area (Å²) in [5.74, 6) is 0.897. The quantitative estimate of drug-likeness (QED) is 0.908. The summed E-state index contributed by atoms with van der Waals surface area (Å²) in [7, 11) is 0. The number of aryl methyl sites for hydroxylation is 2. The highest BCUT2D eigenvalue weighted by molar-refractivity contribution is 5.69. The first-order valence-electron chi connectivity index (χ1n) is 7.85. The van der Waals surface area contributed by atoms with E-state index in [4.69, 9.17) is 4.74 Å². The van der Waals surface area contributed by atoms with Gasteiger partial charge in [-0.25, -0.2) is 9.78 Å². The van der Waals surface area contributed by atoms with Gasteiger partial charge in [-0.15, -0.1) is 0 Å². The SMILES string of the molecule is Cc1cnc(N[C@H]2C[C@@H](C)N(C(=O)OC(C)(C)C)C2)c(C)c1. The van der Waals surface area contributed by atoms with Crippen molar-refractivity contribution in [3.8, 4) is 0 Å². The van der Waals surface area contributed by atoms with Gasteiger partial charge in [0.2, 0.25) is 0 Å². The summed E-state index contributed by atoms with van der Waals surface area (Å²) < 4.78 is 5.47. The summed E-state index contributed by atoms with van der Waals surface area (Å²) in [6.45, 7) is 12.5. The van der Waals surface area contributed by atoms with Crippen molar-refractivity contribution in [3.05, 3.63) is 23.4 Å². The van der Waals surface area contributed by atoms with Crippen LogP contribution in [0.15, 0.2) is 12.3 Å². The molecule has 1 aromatic rings. The maximum Gasteiger partial charge on any atom is 0.410 e. The second-order valence-electron chi connectivity index (χ2n) is 7.24. The van der Waals surface area contributed by atoms with Gasteiger partial charge in [-0.05, 0) is 59.1 Å². The zero-order chi connectivity index (χ0) is 16.5. The summed E-state index contributed by atoms with van der Waals surface area (Å²) in [5.41, 5.74) is 1.82. The van der Waals surface area contributed by atoms with Crippen LogP contribution in [0.25, 0.3) is 0 Å². The predicted octanol–water partition coefficient (Wildman–Crippen LogP) is 3.51. The Morgan fingerprint density at radius 2 is 2.09 bits per heavy atom. The van der Waals surface area contributed by atoms with Crippen LogP contribution in [0.1, 0.15) is 45.2 Å². The van der Waals surface area contributed by atoms with Crippen LogP contribution < -0.4 is 5.32 Å². The number of aromatic nitrogens is 1. The number of hydrogen-bond donors (Lipinski definition) is 1. The summed E-state index contributed by atoms with van der Waals surface area (Å²) in [5, 5.41) is 3.45. The predicted molar refractivity (Wildman–Crippen MR) is 88.1 cm³/mol. The third-order valence-corrected chi connectivity index (χ3v) is 3.76. The minimum atomic E-state index is -0.461. The van der Waals surface area contributed by atoms with Crippen LogP contribution in [-0.2, 0) is 4.74 Å². The first kappa shape index (κ1) is 16.6. The lowest BCUT2D eigenvalue weighted by molar-refractivity contribution is 0.0238. The number of likely N-dealkylation sites (tertiary alicyclic amines) is 1. The highest BCUT2D eigenvalue weighted by atomic mass is 16.6. The number of ether oxygens (including phenoxy) is 1. The molecule has 0 spiro atoms. The molecule has 1 fully saturated rings. The van der Waals surface area contributed by atoms with Gasteiger partial charge in [-0.3, -0.25) is 0 Å². The van der Waals surface area contributed by atoms with E-state index >= 15 is 0 Å². The van der Waals surface area contributed by atoms with E-state index in [-0.39, 0.29) is 18.2 Å². The number of carbonyl (C=O) groups excluding carboxylic acids is 1. The Morgan fingerprint density at radius 3 is 2.68 bits per heavy atom. The van der Waals surface area contributed by atoms with E-state index in [1.807, 2.05) is 40.8 Å². The van der Waals surface area contributed by atoms with Crippen molar-refractivity contribution in [2.45, 2.75) is 65.6 Å². The lowest BCUT2D eigenvalue weighted by Crippen LogP contribution is -2.39. The molecule has 1 aliphatic rings. The number of nitrogens with one attached hydrogen (secondary N) is 1. The largest absolute Gasteiger partial charge is 0.444 e. The average Bonchev–Trinajstić information content (AvgIpc) is 2.72. The molecule has 0 aliphatic carbocycles. The van der Waals surface area contributed by atoms with Gasteiger partial charge in [-0.2, -0.15) is 0 Å². The molecular formula is C17H27N3O2. The van der Waals surface area contributed by atoms with Gasteiger partial charge in [0.05, 0.1) is 0 Å². The van der Waals surface area contributed by atoms with Crippen LogP contribution in [0.5, 0.6) is 0 Å². The van der Waals surface area contributed by atoms with Crippen molar-refractivity contribution < 1.29 is 9.53 Å². The smallest absolute Gasteiger partial charge is 0.410 e. The molecule has 0 bridgehead atoms. The average molecular weight is 305 g/mol. The standard InChI is InChI=1S/C17H27N3O2/c1-11-7-12(2)15(18-9-11)19-14-8-13(3)20(10-14)16(21)22-17(4,5)6/h7,9,13-14H,8,10H2,1-6H3,(H,18,19)/t13-,14+/m1/s1. The molecule has 1 saturated heterocycles. The Balaban J connectivity index is 2.00. The summed E-state index contributed by atoms with van der Waals surface area (Å²) >= 11 is 0. The van der Waals surface area contributed by atoms with E-state index in [0.717, 1.165) is 23.4 Å². The molecule has 122 valence electrons. The van der Waals surface area contributed by atoms with Gasteiger partial charge in [0.15, 0.2) is 0 Å². The second kappa shape index (κ2) is 6.15. The Morgan fingerprint density at radius 1 is 1.41 bits per heavy atom. The Labute approximate surface area is 133 Å². The minimum Gasteiger partial charge on any atom is -0.444 e. The molecule has 1 N–H and O–H groups in total. The zero-order valence-corrected chi connectivity index (χ0v) is 14.4. The van der Waals surface area contributed by atoms with Crippen molar-refractivity contribution in [1.29, 1.82) is 0 Å². The van der Waals surface area contributed by atoms with Crippen molar-refractivity contribution in [3.63, 3.8) is 0 Å². The lowest BCUT2D eigenvalue weighted by Gasteiger charge is -2.27. The number of nitrogens with zero attached hydrogens (tertiary/aromatic N) is 2. The first-order chi connectivity index (χ1) is 10.2. The summed E-state index contributed by atoms with van der Waals surface area (Å²) in [4.78, 5) is 18.5. The van der Waals surface area contributed by atoms with Crippen LogP contribution in [0.4, 0.5) is 10.6 Å². The second-order valence-corrected chi connectivity index (χ2v) is 7.24. The van der Waals surface area contributed by atoms with E-state index < -0.39 is 5.60 Å². The number of carbonyl (C=O) groups is 1. The Hall–Kier alpha value is -1.78. The lowest BCUT2D eigenvalue weighted by atomic mass is 10.1. The molecule has 0 aromatic carbocycles. The van der Waals surface area contributed by atoms with Crippen LogP contribution in [0.3, 0.4) is 0 Å². The molecule has 2 atom stereocenters. The fraction of sp³-hybridized carbons (Fsp3) is 0.647. The minimum absolute atomic E-state index is 0.165. The van der Waals surface area contributed by atoms with E-state index in [1.54, 1.807) is 4.90 Å². The van der Waals surface area contributed by atoms with Crippen LogP contribution >= 0.6 is 0 Å². The van der Waals surface area contributed by atoms with Crippen molar-refractivity contribution in [1.82, 2.24) is 9.88 Å². The van der Waals surface area contributed by atoms with Crippen molar-refractivity contribution >= 4 is 11.9 Å². The number of amides is 1. The van der Waals surface area contributed by atoms with Gasteiger partial charge in [-0.1, -0.05) is 6.07 Å². The molecule has 1 aromatic heterocycles. The Bertz CT molecular complexity index is 551. The maximum absolute atomic E-state index is 12.2. The molecule has 0 radical (unpaired) electrons. The summed E-state index contributed by atoms with van der Waals surface area (Å²) in [6, 6.07) is 2.48. The molecule has 0 unspecified atom stereocenters. The topological polar surface area (TPSA) is 54.5 Å². The molecule has 0 saturated carbocycles. The molecule has 2 heterocycles. The van der Waals surface area contributed by atoms with Crippen LogP contribution in [0, 0.1) is 13.8 Å². The number of rotatable bonds is 2. The van der Waals surface area contributed by atoms with E-state index in [0.29, 0.717) is 6.54 Å². The number of pyridine rings is 1. The fourth-order valence-electron chi connectivity index (χ4n) is 2.77. The highest BCUT2D eigenvalue weighted by Crippen LogP contribution is 2.24. The zero-order valence-electron chi connectivity index (χ0n) is 14.4. The van der Waals surface area contributed by atoms with Crippen LogP contribution in [0.2, 0.25) is 0 Å². The molecule has 5 heteroatoms. The maximum atomic E-state index is 12.2. The van der Waals surface area contributed by atoms with E-state index in [9.17, 15) is 4.79 Å². The first-order valence-corrected chi connectivity index (χ1v) is 7.85. The van der Waals surface area contributed by atoms with Gasteiger partial charge in [0.1, 0.15) is 11.4 Å². The summed E-state index contributed by atoms with van der Waals surface area (Å²) in [6.07, 6.45) is 2.52. The molecule has 1 amide bonds. The Kier molecular flexibility index (Phi) is 4.63. The van der Waals surface area contributed by atoms with E-state index in [2.05, 4.69) is 23.3 Å². The molecular weight excluding hydrogens is 278 g/mol. The number of anilines is 1. The molecule has 2 rings (SSSR count). The molecule has 1 aliphatic heterocycles. The monoisotopic (exact) mass is 305 g/mol. The van der Waals surface area contributed by atoms with Crippen LogP contribution in [-0.4, -0.2) is 40.2 Å². The van der Waals surface area contributed by atoms with Crippen molar-refractivity contribution in [2.24, 2.45) is 0 Å². The number of hydrogen-bond acceptors (Lipinski definition) is 4. The third-order valence-electron chi connectivity index (χ3n) is 3.76. The van der Waals surface area contributed by atoms with Gasteiger partial charge < -0.3 is 15.0 Å². The van der Waals surface area contributed by atoms with Crippen molar-refractivity contribution in [2.75, 3.05) is 11.9 Å². The van der Waals surface area contributed by atoms with Gasteiger partial charge >= 0.3 is 6.09 Å². The van der Waals surface area contributed by atoms with Gasteiger partial charge in [0, 0.05) is 24.8 Å². The van der Waals surface area contributed by atoms with E-state index in [1.165, 1.54) is 0 Å². The fourth-order valence-corrected chi connectivity index (χ4v) is 2.77. The molecule has 22 heavy (non-hydrogen) atoms. The normalized spacial score (nSPS) is 21.8. The van der Waals surface area contributed by atoms with Gasteiger partial charge in [0.25, 0.3) is 0 Å². The third kappa shape index (κ3) is 4.12. The molecule has 5 nitrogen and oxygen atoms in total. The highest BCUT2D eigenvalue weighted by Gasteiger charge is 2.35.